The van der Waals surface area contributed by atoms with E-state index in [-0.39, 0.29) is 29.8 Å². The summed E-state index contributed by atoms with van der Waals surface area (Å²) in [6.07, 6.45) is 5.31. The van der Waals surface area contributed by atoms with Crippen LogP contribution >= 0.6 is 0 Å². The zero-order chi connectivity index (χ0) is 21.1. The van der Waals surface area contributed by atoms with E-state index in [1.165, 1.54) is 12.1 Å². The molecule has 2 amide bonds. The topological polar surface area (TPSA) is 75.4 Å². The molecule has 0 atom stereocenters. The van der Waals surface area contributed by atoms with E-state index in [0.29, 0.717) is 12.1 Å². The Morgan fingerprint density at radius 1 is 1.00 bits per heavy atom. The minimum absolute atomic E-state index is 0.0566. The summed E-state index contributed by atoms with van der Waals surface area (Å²) in [6.45, 7) is 0.405. The highest BCUT2D eigenvalue weighted by Crippen LogP contribution is 2.30. The molecule has 4 rings (SSSR count). The molecule has 0 aliphatic heterocycles. The molecule has 2 aromatic rings. The second-order valence-corrected chi connectivity index (χ2v) is 8.48. The molecule has 3 N–H and O–H groups in total. The first-order chi connectivity index (χ1) is 14.5. The number of nitrogens with two attached hydrogens (primary N) is 1. The molecule has 2 aliphatic rings. The van der Waals surface area contributed by atoms with E-state index in [4.69, 9.17) is 5.73 Å². The van der Waals surface area contributed by atoms with Gasteiger partial charge in [-0.3, -0.25) is 9.59 Å². The third-order valence-corrected chi connectivity index (χ3v) is 6.01. The van der Waals surface area contributed by atoms with E-state index in [1.54, 1.807) is 12.1 Å². The average molecular weight is 410 g/mol. The number of rotatable bonds is 6. The molecule has 0 aromatic heterocycles. The van der Waals surface area contributed by atoms with Crippen molar-refractivity contribution in [3.63, 3.8) is 0 Å². The van der Waals surface area contributed by atoms with Gasteiger partial charge in [0.15, 0.2) is 0 Å². The third-order valence-electron chi connectivity index (χ3n) is 6.01. The van der Waals surface area contributed by atoms with Crippen molar-refractivity contribution in [1.82, 2.24) is 4.90 Å². The van der Waals surface area contributed by atoms with Gasteiger partial charge in [0.25, 0.3) is 5.91 Å². The van der Waals surface area contributed by atoms with Crippen molar-refractivity contribution in [3.05, 3.63) is 65.5 Å². The van der Waals surface area contributed by atoms with Gasteiger partial charge >= 0.3 is 0 Å². The highest BCUT2D eigenvalue weighted by atomic mass is 19.1. The Labute approximate surface area is 176 Å². The van der Waals surface area contributed by atoms with E-state index >= 15 is 0 Å². The Hall–Kier alpha value is -2.73. The highest BCUT2D eigenvalue weighted by molar-refractivity contribution is 5.95. The number of nitrogens with one attached hydrogen (secondary N) is 1. The lowest BCUT2D eigenvalue weighted by Gasteiger charge is -2.36. The lowest BCUT2D eigenvalue weighted by atomic mass is 9.90. The van der Waals surface area contributed by atoms with Gasteiger partial charge in [-0.15, -0.1) is 0 Å². The normalized spacial score (nSPS) is 21.1. The van der Waals surface area contributed by atoms with Gasteiger partial charge in [0.05, 0.1) is 0 Å². The Bertz CT molecular complexity index is 920. The third kappa shape index (κ3) is 5.05. The fourth-order valence-electron chi connectivity index (χ4n) is 4.10. The fourth-order valence-corrected chi connectivity index (χ4v) is 4.10. The maximum absolute atomic E-state index is 13.7. The minimum atomic E-state index is -0.420. The summed E-state index contributed by atoms with van der Waals surface area (Å²) in [6, 6.07) is 13.7. The predicted molar refractivity (Wildman–Crippen MR) is 114 cm³/mol. The van der Waals surface area contributed by atoms with Gasteiger partial charge in [0.2, 0.25) is 5.91 Å². The first-order valence-corrected chi connectivity index (χ1v) is 10.7. The summed E-state index contributed by atoms with van der Waals surface area (Å²) in [5.41, 5.74) is 8.09. The summed E-state index contributed by atoms with van der Waals surface area (Å²) in [5.74, 6) is -0.411. The molecule has 2 fully saturated rings. The number of benzene rings is 2. The Kier molecular flexibility index (Phi) is 6.13. The standard InChI is InChI=1S/C24H28FN3O2/c25-19-5-2-4-18(14-19)24(30)28(22-11-9-20(26)10-12-22)15-16-3-1-6-21(13-16)27-23(29)17-7-8-17/h1-6,13-14,17,20,22H,7-12,15,26H2,(H,27,29). The molecule has 0 saturated heterocycles. The molecule has 2 saturated carbocycles. The van der Waals surface area contributed by atoms with Crippen molar-refractivity contribution in [2.45, 2.75) is 57.2 Å². The van der Waals surface area contributed by atoms with E-state index in [9.17, 15) is 14.0 Å². The number of hydrogen-bond donors (Lipinski definition) is 2. The van der Waals surface area contributed by atoms with E-state index in [2.05, 4.69) is 5.32 Å². The van der Waals surface area contributed by atoms with Crippen LogP contribution in [0.15, 0.2) is 48.5 Å². The van der Waals surface area contributed by atoms with Crippen LogP contribution in [0.5, 0.6) is 0 Å². The van der Waals surface area contributed by atoms with Gasteiger partial charge < -0.3 is 16.0 Å². The Balaban J connectivity index is 1.55. The van der Waals surface area contributed by atoms with E-state index in [1.807, 2.05) is 29.2 Å². The van der Waals surface area contributed by atoms with Crippen molar-refractivity contribution in [1.29, 1.82) is 0 Å². The quantitative estimate of drug-likeness (QED) is 0.755. The van der Waals surface area contributed by atoms with Crippen LogP contribution in [0.3, 0.4) is 0 Å². The summed E-state index contributed by atoms with van der Waals surface area (Å²) in [4.78, 5) is 27.2. The van der Waals surface area contributed by atoms with Crippen LogP contribution in [0.25, 0.3) is 0 Å². The summed E-state index contributed by atoms with van der Waals surface area (Å²) in [7, 11) is 0. The van der Waals surface area contributed by atoms with Crippen LogP contribution < -0.4 is 11.1 Å². The van der Waals surface area contributed by atoms with Crippen molar-refractivity contribution >= 4 is 17.5 Å². The molecule has 5 nitrogen and oxygen atoms in total. The zero-order valence-corrected chi connectivity index (χ0v) is 17.0. The molecule has 0 heterocycles. The number of amides is 2. The second-order valence-electron chi connectivity index (χ2n) is 8.48. The van der Waals surface area contributed by atoms with Crippen molar-refractivity contribution in [2.24, 2.45) is 11.7 Å². The molecular weight excluding hydrogens is 381 g/mol. The highest BCUT2D eigenvalue weighted by Gasteiger charge is 2.30. The molecule has 2 aliphatic carbocycles. The molecular formula is C24H28FN3O2. The maximum atomic E-state index is 13.7. The molecule has 158 valence electrons. The largest absolute Gasteiger partial charge is 0.331 e. The Morgan fingerprint density at radius 2 is 1.73 bits per heavy atom. The molecule has 0 spiro atoms. The number of carbonyl (C=O) groups excluding carboxylic acids is 2. The summed E-state index contributed by atoms with van der Waals surface area (Å²) < 4.78 is 13.7. The molecule has 0 bridgehead atoms. The first-order valence-electron chi connectivity index (χ1n) is 10.7. The molecule has 30 heavy (non-hydrogen) atoms. The molecule has 6 heteroatoms. The maximum Gasteiger partial charge on any atom is 0.254 e. The summed E-state index contributed by atoms with van der Waals surface area (Å²) in [5, 5.41) is 2.96. The van der Waals surface area contributed by atoms with Gasteiger partial charge in [-0.2, -0.15) is 0 Å². The predicted octanol–water partition coefficient (Wildman–Crippen LogP) is 4.09. The average Bonchev–Trinajstić information content (AvgIpc) is 3.58. The minimum Gasteiger partial charge on any atom is -0.331 e. The van der Waals surface area contributed by atoms with Crippen molar-refractivity contribution < 1.29 is 14.0 Å². The molecule has 0 radical (unpaired) electrons. The van der Waals surface area contributed by atoms with Gasteiger partial charge in [0, 0.05) is 35.8 Å². The van der Waals surface area contributed by atoms with Crippen LogP contribution in [0, 0.1) is 11.7 Å². The number of anilines is 1. The Morgan fingerprint density at radius 3 is 2.43 bits per heavy atom. The molecule has 0 unspecified atom stereocenters. The SMILES string of the molecule is NC1CCC(N(Cc2cccc(NC(=O)C3CC3)c2)C(=O)c2cccc(F)c2)CC1. The summed E-state index contributed by atoms with van der Waals surface area (Å²) >= 11 is 0. The van der Waals surface area contributed by atoms with Crippen LogP contribution in [0.2, 0.25) is 0 Å². The monoisotopic (exact) mass is 409 g/mol. The lowest BCUT2D eigenvalue weighted by molar-refractivity contribution is -0.117. The van der Waals surface area contributed by atoms with Crippen molar-refractivity contribution in [3.8, 4) is 0 Å². The van der Waals surface area contributed by atoms with Gasteiger partial charge in [-0.1, -0.05) is 18.2 Å². The van der Waals surface area contributed by atoms with Crippen molar-refractivity contribution in [2.75, 3.05) is 5.32 Å². The van der Waals surface area contributed by atoms with Crippen LogP contribution in [0.4, 0.5) is 10.1 Å². The van der Waals surface area contributed by atoms with Crippen LogP contribution in [-0.2, 0) is 11.3 Å². The van der Waals surface area contributed by atoms with Gasteiger partial charge in [-0.25, -0.2) is 4.39 Å². The van der Waals surface area contributed by atoms with Crippen LogP contribution in [-0.4, -0.2) is 28.8 Å². The first kappa shape index (κ1) is 20.5. The fraction of sp³-hybridized carbons (Fsp3) is 0.417. The van der Waals surface area contributed by atoms with E-state index in [0.717, 1.165) is 49.8 Å². The van der Waals surface area contributed by atoms with E-state index < -0.39 is 5.82 Å². The zero-order valence-electron chi connectivity index (χ0n) is 17.0. The number of hydrogen-bond acceptors (Lipinski definition) is 3. The number of halogens is 1. The lowest BCUT2D eigenvalue weighted by Crippen LogP contribution is -2.43. The second kappa shape index (κ2) is 8.96. The number of carbonyl (C=O) groups is 2. The smallest absolute Gasteiger partial charge is 0.254 e. The van der Waals surface area contributed by atoms with Gasteiger partial charge in [-0.05, 0) is 74.4 Å². The molecule has 2 aromatic carbocycles. The van der Waals surface area contributed by atoms with Gasteiger partial charge in [0.1, 0.15) is 5.82 Å². The number of nitrogens with zero attached hydrogens (tertiary/aromatic N) is 1. The van der Waals surface area contributed by atoms with Crippen LogP contribution in [0.1, 0.15) is 54.4 Å².